The summed E-state index contributed by atoms with van der Waals surface area (Å²) in [6, 6.07) is 11.0. The van der Waals surface area contributed by atoms with Gasteiger partial charge < -0.3 is 10.1 Å². The van der Waals surface area contributed by atoms with E-state index < -0.39 is 5.97 Å². The van der Waals surface area contributed by atoms with Crippen molar-refractivity contribution in [2.75, 3.05) is 0 Å². The normalized spacial score (nSPS) is 10.7. The zero-order valence-electron chi connectivity index (χ0n) is 9.42. The SMILES string of the molecule is O=C(O)c1c(-c2ccncc2)[nH]c2ccccc12. The Labute approximate surface area is 103 Å². The maximum Gasteiger partial charge on any atom is 0.338 e. The Morgan fingerprint density at radius 3 is 2.56 bits per heavy atom. The number of fused-ring (bicyclic) bond motifs is 1. The van der Waals surface area contributed by atoms with Crippen LogP contribution in [0.4, 0.5) is 0 Å². The van der Waals surface area contributed by atoms with Crippen molar-refractivity contribution < 1.29 is 9.90 Å². The fourth-order valence-electron chi connectivity index (χ4n) is 2.10. The predicted molar refractivity (Wildman–Crippen MR) is 68.5 cm³/mol. The molecular formula is C14H10N2O2. The molecule has 2 aromatic heterocycles. The molecule has 0 spiro atoms. The molecule has 4 nitrogen and oxygen atoms in total. The van der Waals surface area contributed by atoms with Gasteiger partial charge in [0.05, 0.1) is 11.3 Å². The summed E-state index contributed by atoms with van der Waals surface area (Å²) in [5, 5.41) is 10.1. The van der Waals surface area contributed by atoms with Crippen LogP contribution in [-0.4, -0.2) is 21.0 Å². The van der Waals surface area contributed by atoms with Gasteiger partial charge in [-0.1, -0.05) is 18.2 Å². The number of aromatic amines is 1. The van der Waals surface area contributed by atoms with E-state index in [-0.39, 0.29) is 0 Å². The fourth-order valence-corrected chi connectivity index (χ4v) is 2.10. The number of hydrogen-bond donors (Lipinski definition) is 2. The van der Waals surface area contributed by atoms with Gasteiger partial charge in [-0.15, -0.1) is 0 Å². The molecule has 3 aromatic rings. The average molecular weight is 238 g/mol. The number of aromatic carboxylic acids is 1. The van der Waals surface area contributed by atoms with Crippen LogP contribution < -0.4 is 0 Å². The zero-order valence-corrected chi connectivity index (χ0v) is 9.42. The number of nitrogens with zero attached hydrogens (tertiary/aromatic N) is 1. The number of carboxylic acids is 1. The van der Waals surface area contributed by atoms with Gasteiger partial charge in [0.25, 0.3) is 0 Å². The van der Waals surface area contributed by atoms with E-state index in [1.54, 1.807) is 30.6 Å². The number of H-pyrrole nitrogens is 1. The van der Waals surface area contributed by atoms with Crippen molar-refractivity contribution in [2.24, 2.45) is 0 Å². The second-order valence-electron chi connectivity index (χ2n) is 3.96. The molecule has 0 unspecified atom stereocenters. The summed E-state index contributed by atoms with van der Waals surface area (Å²) in [5.74, 6) is -0.931. The van der Waals surface area contributed by atoms with Crippen molar-refractivity contribution in [3.63, 3.8) is 0 Å². The molecule has 0 bridgehead atoms. The quantitative estimate of drug-likeness (QED) is 0.721. The fraction of sp³-hybridized carbons (Fsp3) is 0. The standard InChI is InChI=1S/C14H10N2O2/c17-14(18)12-10-3-1-2-4-11(10)16-13(12)9-5-7-15-8-6-9/h1-8,16H,(H,17,18). The van der Waals surface area contributed by atoms with Crippen LogP contribution in [0.25, 0.3) is 22.2 Å². The second-order valence-corrected chi connectivity index (χ2v) is 3.96. The van der Waals surface area contributed by atoms with Crippen LogP contribution in [0, 0.1) is 0 Å². The van der Waals surface area contributed by atoms with Gasteiger partial charge in [0.15, 0.2) is 0 Å². The molecule has 0 amide bonds. The smallest absolute Gasteiger partial charge is 0.338 e. The first-order chi connectivity index (χ1) is 8.77. The van der Waals surface area contributed by atoms with Crippen LogP contribution >= 0.6 is 0 Å². The predicted octanol–water partition coefficient (Wildman–Crippen LogP) is 2.93. The van der Waals surface area contributed by atoms with E-state index in [0.29, 0.717) is 11.3 Å². The Hall–Kier alpha value is -2.62. The van der Waals surface area contributed by atoms with E-state index in [2.05, 4.69) is 9.97 Å². The third kappa shape index (κ3) is 1.55. The minimum Gasteiger partial charge on any atom is -0.478 e. The van der Waals surface area contributed by atoms with E-state index in [0.717, 1.165) is 16.5 Å². The van der Waals surface area contributed by atoms with E-state index in [9.17, 15) is 9.90 Å². The summed E-state index contributed by atoms with van der Waals surface area (Å²) in [6.45, 7) is 0. The molecule has 0 aliphatic rings. The van der Waals surface area contributed by atoms with Crippen LogP contribution in [0.3, 0.4) is 0 Å². The first kappa shape index (κ1) is 10.5. The van der Waals surface area contributed by atoms with Crippen molar-refractivity contribution in [1.29, 1.82) is 0 Å². The van der Waals surface area contributed by atoms with Gasteiger partial charge in [0.1, 0.15) is 0 Å². The van der Waals surface area contributed by atoms with E-state index in [1.807, 2.05) is 18.2 Å². The van der Waals surface area contributed by atoms with Gasteiger partial charge in [-0.05, 0) is 18.2 Å². The van der Waals surface area contributed by atoms with Crippen LogP contribution in [0.2, 0.25) is 0 Å². The number of nitrogens with one attached hydrogen (secondary N) is 1. The number of carbonyl (C=O) groups is 1. The summed E-state index contributed by atoms with van der Waals surface area (Å²) in [6.07, 6.45) is 3.29. The van der Waals surface area contributed by atoms with Gasteiger partial charge in [0, 0.05) is 28.9 Å². The van der Waals surface area contributed by atoms with Crippen LogP contribution in [0.15, 0.2) is 48.8 Å². The molecule has 88 valence electrons. The lowest BCUT2D eigenvalue weighted by atomic mass is 10.1. The number of hydrogen-bond acceptors (Lipinski definition) is 2. The van der Waals surface area contributed by atoms with Gasteiger partial charge >= 0.3 is 5.97 Å². The lowest BCUT2D eigenvalue weighted by Gasteiger charge is -1.99. The number of carboxylic acid groups (broad SMARTS) is 1. The van der Waals surface area contributed by atoms with Gasteiger partial charge in [0.2, 0.25) is 0 Å². The topological polar surface area (TPSA) is 66.0 Å². The Morgan fingerprint density at radius 2 is 1.83 bits per heavy atom. The molecule has 0 aliphatic heterocycles. The maximum atomic E-state index is 11.4. The van der Waals surface area contributed by atoms with Crippen molar-refractivity contribution in [3.05, 3.63) is 54.4 Å². The molecule has 0 saturated heterocycles. The second kappa shape index (κ2) is 4.00. The number of para-hydroxylation sites is 1. The van der Waals surface area contributed by atoms with Crippen molar-refractivity contribution in [2.45, 2.75) is 0 Å². The Kier molecular flexibility index (Phi) is 2.34. The number of aromatic nitrogens is 2. The lowest BCUT2D eigenvalue weighted by molar-refractivity contribution is 0.0700. The lowest BCUT2D eigenvalue weighted by Crippen LogP contribution is -1.97. The Balaban J connectivity index is 2.36. The van der Waals surface area contributed by atoms with Gasteiger partial charge in [-0.2, -0.15) is 0 Å². The molecule has 1 aromatic carbocycles. The molecule has 2 heterocycles. The van der Waals surface area contributed by atoms with Crippen LogP contribution in [-0.2, 0) is 0 Å². The molecule has 0 aliphatic carbocycles. The molecule has 4 heteroatoms. The largest absolute Gasteiger partial charge is 0.478 e. The van der Waals surface area contributed by atoms with E-state index in [1.165, 1.54) is 0 Å². The number of benzene rings is 1. The molecule has 0 fully saturated rings. The zero-order chi connectivity index (χ0) is 12.5. The summed E-state index contributed by atoms with van der Waals surface area (Å²) in [4.78, 5) is 18.5. The Morgan fingerprint density at radius 1 is 1.11 bits per heavy atom. The summed E-state index contributed by atoms with van der Waals surface area (Å²) >= 11 is 0. The molecule has 0 atom stereocenters. The highest BCUT2D eigenvalue weighted by Crippen LogP contribution is 2.29. The van der Waals surface area contributed by atoms with Gasteiger partial charge in [-0.25, -0.2) is 4.79 Å². The number of rotatable bonds is 2. The van der Waals surface area contributed by atoms with Crippen LogP contribution in [0.5, 0.6) is 0 Å². The molecule has 2 N–H and O–H groups in total. The first-order valence-electron chi connectivity index (χ1n) is 5.52. The summed E-state index contributed by atoms with van der Waals surface area (Å²) in [7, 11) is 0. The van der Waals surface area contributed by atoms with E-state index in [4.69, 9.17) is 0 Å². The van der Waals surface area contributed by atoms with Gasteiger partial charge in [-0.3, -0.25) is 4.98 Å². The first-order valence-corrected chi connectivity index (χ1v) is 5.52. The van der Waals surface area contributed by atoms with Crippen molar-refractivity contribution in [3.8, 4) is 11.3 Å². The van der Waals surface area contributed by atoms with Crippen molar-refractivity contribution >= 4 is 16.9 Å². The minimum absolute atomic E-state index is 0.303. The highest BCUT2D eigenvalue weighted by atomic mass is 16.4. The highest BCUT2D eigenvalue weighted by Gasteiger charge is 2.18. The molecule has 0 saturated carbocycles. The Bertz CT molecular complexity index is 717. The summed E-state index contributed by atoms with van der Waals surface area (Å²) in [5.41, 5.74) is 2.56. The molecule has 3 rings (SSSR count). The monoisotopic (exact) mass is 238 g/mol. The van der Waals surface area contributed by atoms with E-state index >= 15 is 0 Å². The third-order valence-corrected chi connectivity index (χ3v) is 2.89. The van der Waals surface area contributed by atoms with Crippen molar-refractivity contribution in [1.82, 2.24) is 9.97 Å². The number of pyridine rings is 1. The highest BCUT2D eigenvalue weighted by molar-refractivity contribution is 6.09. The minimum atomic E-state index is -0.931. The average Bonchev–Trinajstić information content (AvgIpc) is 2.79. The molecule has 18 heavy (non-hydrogen) atoms. The third-order valence-electron chi connectivity index (χ3n) is 2.89. The molecular weight excluding hydrogens is 228 g/mol. The summed E-state index contributed by atoms with van der Waals surface area (Å²) < 4.78 is 0. The molecule has 0 radical (unpaired) electrons. The van der Waals surface area contributed by atoms with Crippen LogP contribution in [0.1, 0.15) is 10.4 Å². The maximum absolute atomic E-state index is 11.4.